The summed E-state index contributed by atoms with van der Waals surface area (Å²) in [4.78, 5) is 46.7. The Morgan fingerprint density at radius 3 is 2.48 bits per heavy atom. The van der Waals surface area contributed by atoms with Crippen LogP contribution in [0.3, 0.4) is 0 Å². The SMILES string of the molecule is CNC(=O)C1CCCCN1C(=O)NCC(=O)NCC(=O)O. The first-order valence-corrected chi connectivity index (χ1v) is 6.70. The normalized spacial score (nSPS) is 17.8. The zero-order valence-corrected chi connectivity index (χ0v) is 11.8. The highest BCUT2D eigenvalue weighted by Gasteiger charge is 2.31. The third-order valence-electron chi connectivity index (χ3n) is 3.15. The van der Waals surface area contributed by atoms with Crippen LogP contribution in [0.25, 0.3) is 0 Å². The summed E-state index contributed by atoms with van der Waals surface area (Å²) in [7, 11) is 1.51. The van der Waals surface area contributed by atoms with Gasteiger partial charge in [-0.2, -0.15) is 0 Å². The summed E-state index contributed by atoms with van der Waals surface area (Å²) >= 11 is 0. The van der Waals surface area contributed by atoms with Gasteiger partial charge in [-0.1, -0.05) is 0 Å². The van der Waals surface area contributed by atoms with Gasteiger partial charge in [0.25, 0.3) is 0 Å². The quantitative estimate of drug-likeness (QED) is 0.491. The molecule has 0 radical (unpaired) electrons. The number of nitrogens with zero attached hydrogens (tertiary/aromatic N) is 1. The number of carbonyl (C=O) groups excluding carboxylic acids is 3. The van der Waals surface area contributed by atoms with Crippen molar-refractivity contribution in [1.82, 2.24) is 20.9 Å². The minimum Gasteiger partial charge on any atom is -0.480 e. The number of hydrogen-bond acceptors (Lipinski definition) is 4. The van der Waals surface area contributed by atoms with Gasteiger partial charge in [-0.15, -0.1) is 0 Å². The van der Waals surface area contributed by atoms with Crippen LogP contribution in [0.2, 0.25) is 0 Å². The Morgan fingerprint density at radius 2 is 1.86 bits per heavy atom. The third-order valence-corrected chi connectivity index (χ3v) is 3.15. The molecule has 1 heterocycles. The van der Waals surface area contributed by atoms with E-state index in [4.69, 9.17) is 5.11 Å². The molecule has 9 nitrogen and oxygen atoms in total. The molecule has 21 heavy (non-hydrogen) atoms. The topological polar surface area (TPSA) is 128 Å². The highest BCUT2D eigenvalue weighted by molar-refractivity contribution is 5.89. The maximum atomic E-state index is 12.0. The van der Waals surface area contributed by atoms with Crippen molar-refractivity contribution in [2.75, 3.05) is 26.7 Å². The fourth-order valence-corrected chi connectivity index (χ4v) is 2.11. The van der Waals surface area contributed by atoms with Crippen molar-refractivity contribution in [2.45, 2.75) is 25.3 Å². The van der Waals surface area contributed by atoms with E-state index in [-0.39, 0.29) is 12.5 Å². The van der Waals surface area contributed by atoms with Crippen molar-refractivity contribution < 1.29 is 24.3 Å². The summed E-state index contributed by atoms with van der Waals surface area (Å²) in [5, 5.41) is 15.4. The van der Waals surface area contributed by atoms with Crippen LogP contribution in [0.15, 0.2) is 0 Å². The molecule has 0 aromatic rings. The number of urea groups is 1. The smallest absolute Gasteiger partial charge is 0.322 e. The van der Waals surface area contributed by atoms with Gasteiger partial charge in [0.15, 0.2) is 0 Å². The van der Waals surface area contributed by atoms with Gasteiger partial charge >= 0.3 is 12.0 Å². The lowest BCUT2D eigenvalue weighted by molar-refractivity contribution is -0.137. The molecule has 1 aliphatic rings. The van der Waals surface area contributed by atoms with Crippen LogP contribution in [-0.2, 0) is 14.4 Å². The van der Waals surface area contributed by atoms with E-state index in [1.165, 1.54) is 11.9 Å². The molecule has 0 aliphatic carbocycles. The van der Waals surface area contributed by atoms with E-state index in [1.54, 1.807) is 0 Å². The summed E-state index contributed by atoms with van der Waals surface area (Å²) in [5.41, 5.74) is 0. The molecule has 9 heteroatoms. The van der Waals surface area contributed by atoms with Crippen LogP contribution < -0.4 is 16.0 Å². The van der Waals surface area contributed by atoms with E-state index in [0.717, 1.165) is 12.8 Å². The van der Waals surface area contributed by atoms with Gasteiger partial charge < -0.3 is 26.0 Å². The standard InChI is InChI=1S/C12H20N4O5/c1-13-11(20)8-4-2-3-5-16(8)12(21)15-6-9(17)14-7-10(18)19/h8H,2-7H2,1H3,(H,13,20)(H,14,17)(H,15,21)(H,18,19). The van der Waals surface area contributed by atoms with Gasteiger partial charge in [-0.05, 0) is 19.3 Å². The van der Waals surface area contributed by atoms with E-state index in [9.17, 15) is 19.2 Å². The van der Waals surface area contributed by atoms with Gasteiger partial charge in [0.2, 0.25) is 11.8 Å². The molecule has 0 spiro atoms. The second kappa shape index (κ2) is 8.08. The maximum Gasteiger partial charge on any atom is 0.322 e. The highest BCUT2D eigenvalue weighted by atomic mass is 16.4. The lowest BCUT2D eigenvalue weighted by Gasteiger charge is -2.34. The number of carboxylic acids is 1. The van der Waals surface area contributed by atoms with Crippen LogP contribution in [0.5, 0.6) is 0 Å². The molecule has 1 saturated heterocycles. The number of carboxylic acid groups (broad SMARTS) is 1. The van der Waals surface area contributed by atoms with Crippen molar-refractivity contribution in [2.24, 2.45) is 0 Å². The molecular weight excluding hydrogens is 280 g/mol. The number of rotatable bonds is 5. The number of likely N-dealkylation sites (N-methyl/N-ethyl adjacent to an activating group) is 1. The minimum atomic E-state index is -1.16. The number of nitrogens with one attached hydrogen (secondary N) is 3. The van der Waals surface area contributed by atoms with Gasteiger partial charge in [-0.25, -0.2) is 4.79 Å². The zero-order chi connectivity index (χ0) is 15.8. The number of aliphatic carboxylic acids is 1. The second-order valence-corrected chi connectivity index (χ2v) is 4.65. The number of likely N-dealkylation sites (tertiary alicyclic amines) is 1. The monoisotopic (exact) mass is 300 g/mol. The van der Waals surface area contributed by atoms with Crippen LogP contribution in [0.1, 0.15) is 19.3 Å². The Hall–Kier alpha value is -2.32. The van der Waals surface area contributed by atoms with Crippen LogP contribution >= 0.6 is 0 Å². The van der Waals surface area contributed by atoms with Gasteiger partial charge in [-0.3, -0.25) is 14.4 Å². The molecule has 0 aromatic carbocycles. The molecule has 1 atom stereocenters. The van der Waals surface area contributed by atoms with E-state index in [0.29, 0.717) is 13.0 Å². The molecular formula is C12H20N4O5. The van der Waals surface area contributed by atoms with Crippen LogP contribution in [0, 0.1) is 0 Å². The van der Waals surface area contributed by atoms with Gasteiger partial charge in [0.05, 0.1) is 6.54 Å². The van der Waals surface area contributed by atoms with E-state index in [2.05, 4.69) is 16.0 Å². The van der Waals surface area contributed by atoms with Crippen molar-refractivity contribution in [3.05, 3.63) is 0 Å². The number of hydrogen-bond donors (Lipinski definition) is 4. The van der Waals surface area contributed by atoms with E-state index >= 15 is 0 Å². The van der Waals surface area contributed by atoms with Crippen LogP contribution in [-0.4, -0.2) is 66.5 Å². The first-order chi connectivity index (χ1) is 9.95. The summed E-state index contributed by atoms with van der Waals surface area (Å²) in [6.45, 7) is -0.386. The Kier molecular flexibility index (Phi) is 6.44. The summed E-state index contributed by atoms with van der Waals surface area (Å²) in [5.74, 6) is -2.00. The predicted molar refractivity (Wildman–Crippen MR) is 72.5 cm³/mol. The Bertz CT molecular complexity index is 426. The Balaban J connectivity index is 2.47. The largest absolute Gasteiger partial charge is 0.480 e. The molecule has 1 unspecified atom stereocenters. The number of carbonyl (C=O) groups is 4. The Labute approximate surface area is 122 Å². The molecule has 0 saturated carbocycles. The molecule has 0 aromatic heterocycles. The molecule has 1 rings (SSSR count). The molecule has 4 N–H and O–H groups in total. The second-order valence-electron chi connectivity index (χ2n) is 4.65. The summed E-state index contributed by atoms with van der Waals surface area (Å²) < 4.78 is 0. The first-order valence-electron chi connectivity index (χ1n) is 6.70. The number of amides is 4. The van der Waals surface area contributed by atoms with Crippen LogP contribution in [0.4, 0.5) is 4.79 Å². The average molecular weight is 300 g/mol. The predicted octanol–water partition coefficient (Wildman–Crippen LogP) is -1.50. The van der Waals surface area contributed by atoms with Crippen molar-refractivity contribution >= 4 is 23.8 Å². The number of piperidine rings is 1. The zero-order valence-electron chi connectivity index (χ0n) is 11.8. The lowest BCUT2D eigenvalue weighted by atomic mass is 10.0. The van der Waals surface area contributed by atoms with Crippen molar-refractivity contribution in [3.8, 4) is 0 Å². The maximum absolute atomic E-state index is 12.0. The summed E-state index contributed by atoms with van der Waals surface area (Å²) in [6, 6.07) is -1.04. The third kappa shape index (κ3) is 5.28. The van der Waals surface area contributed by atoms with E-state index in [1.807, 2.05) is 0 Å². The Morgan fingerprint density at radius 1 is 1.14 bits per heavy atom. The highest BCUT2D eigenvalue weighted by Crippen LogP contribution is 2.17. The molecule has 118 valence electrons. The summed E-state index contributed by atoms with van der Waals surface area (Å²) in [6.07, 6.45) is 2.24. The fourth-order valence-electron chi connectivity index (χ4n) is 2.11. The van der Waals surface area contributed by atoms with Gasteiger partial charge in [0, 0.05) is 13.6 Å². The molecule has 1 aliphatic heterocycles. The van der Waals surface area contributed by atoms with Crippen molar-refractivity contribution in [3.63, 3.8) is 0 Å². The fraction of sp³-hybridized carbons (Fsp3) is 0.667. The first kappa shape index (κ1) is 16.7. The minimum absolute atomic E-state index is 0.236. The molecule has 1 fully saturated rings. The average Bonchev–Trinajstić information content (AvgIpc) is 2.49. The molecule has 4 amide bonds. The molecule has 0 bridgehead atoms. The van der Waals surface area contributed by atoms with E-state index < -0.39 is 30.5 Å². The lowest BCUT2D eigenvalue weighted by Crippen LogP contribution is -2.55. The van der Waals surface area contributed by atoms with Crippen molar-refractivity contribution in [1.29, 1.82) is 0 Å². The van der Waals surface area contributed by atoms with Gasteiger partial charge in [0.1, 0.15) is 12.6 Å².